The van der Waals surface area contributed by atoms with Crippen LogP contribution in [0.25, 0.3) is 0 Å². The smallest absolute Gasteiger partial charge is 0.187 e. The van der Waals surface area contributed by atoms with Crippen molar-refractivity contribution in [1.82, 2.24) is 0 Å². The first kappa shape index (κ1) is 10.9. The topological polar surface area (TPSA) is 55.5 Å². The fraction of sp³-hybridized carbons (Fsp3) is 0.333. The van der Waals surface area contributed by atoms with Crippen molar-refractivity contribution < 1.29 is 18.6 Å². The van der Waals surface area contributed by atoms with Gasteiger partial charge in [0.1, 0.15) is 0 Å². The van der Waals surface area contributed by atoms with E-state index in [9.17, 15) is 8.78 Å². The third-order valence-electron chi connectivity index (χ3n) is 1.81. The number of hydrogen-bond donors (Lipinski definition) is 2. The molecule has 3 nitrogen and oxygen atoms in total. The summed E-state index contributed by atoms with van der Waals surface area (Å²) in [5, 5.41) is 8.82. The Bertz CT molecular complexity index is 308. The van der Waals surface area contributed by atoms with Crippen molar-refractivity contribution in [3.8, 4) is 5.75 Å². The molecule has 0 radical (unpaired) electrons. The highest BCUT2D eigenvalue weighted by Gasteiger charge is 2.13. The molecule has 0 aromatic heterocycles. The molecule has 0 heterocycles. The summed E-state index contributed by atoms with van der Waals surface area (Å²) in [5.41, 5.74) is 5.80. The van der Waals surface area contributed by atoms with Crippen LogP contribution in [-0.2, 0) is 4.74 Å². The first-order valence-electron chi connectivity index (χ1n) is 3.98. The second kappa shape index (κ2) is 4.34. The molecule has 0 saturated carbocycles. The lowest BCUT2D eigenvalue weighted by Gasteiger charge is -2.11. The van der Waals surface area contributed by atoms with Gasteiger partial charge in [0.25, 0.3) is 0 Å². The molecule has 1 aromatic carbocycles. The molecule has 0 aliphatic carbocycles. The quantitative estimate of drug-likeness (QED) is 0.778. The number of rotatable bonds is 3. The molecule has 0 fully saturated rings. The van der Waals surface area contributed by atoms with Gasteiger partial charge in [0, 0.05) is 7.11 Å². The minimum atomic E-state index is -1.02. The minimum absolute atomic E-state index is 0.156. The zero-order valence-corrected chi connectivity index (χ0v) is 7.63. The molecular weight excluding hydrogens is 192 g/mol. The van der Waals surface area contributed by atoms with Gasteiger partial charge < -0.3 is 15.6 Å². The van der Waals surface area contributed by atoms with Crippen molar-refractivity contribution in [2.45, 2.75) is 6.04 Å². The summed E-state index contributed by atoms with van der Waals surface area (Å²) in [7, 11) is 1.44. The van der Waals surface area contributed by atoms with Gasteiger partial charge in [-0.2, -0.15) is 0 Å². The highest BCUT2D eigenvalue weighted by atomic mass is 19.1. The van der Waals surface area contributed by atoms with Crippen LogP contribution in [0.15, 0.2) is 12.1 Å². The van der Waals surface area contributed by atoms with Crippen molar-refractivity contribution >= 4 is 0 Å². The van der Waals surface area contributed by atoms with Crippen molar-refractivity contribution in [2.24, 2.45) is 5.73 Å². The number of hydrogen-bond acceptors (Lipinski definition) is 3. The van der Waals surface area contributed by atoms with E-state index in [0.717, 1.165) is 12.1 Å². The summed E-state index contributed by atoms with van der Waals surface area (Å²) in [6.07, 6.45) is 0. The lowest BCUT2D eigenvalue weighted by molar-refractivity contribution is 0.180. The molecule has 0 spiro atoms. The molecule has 14 heavy (non-hydrogen) atoms. The molecule has 1 atom stereocenters. The third-order valence-corrected chi connectivity index (χ3v) is 1.81. The van der Waals surface area contributed by atoms with E-state index < -0.39 is 23.4 Å². The average molecular weight is 203 g/mol. The van der Waals surface area contributed by atoms with E-state index in [1.807, 2.05) is 0 Å². The maximum absolute atomic E-state index is 12.9. The number of ether oxygens (including phenoxy) is 1. The zero-order valence-electron chi connectivity index (χ0n) is 7.63. The molecule has 0 aliphatic heterocycles. The van der Waals surface area contributed by atoms with Crippen LogP contribution < -0.4 is 5.73 Å². The van der Waals surface area contributed by atoms with E-state index in [2.05, 4.69) is 0 Å². The third kappa shape index (κ3) is 2.18. The standard InChI is InChI=1S/C9H11F2NO2/c1-14-4-8(12)5-2-6(10)9(13)7(11)3-5/h2-3,8,13H,4,12H2,1H3/t8-/m1/s1. The summed E-state index contributed by atoms with van der Waals surface area (Å²) < 4.78 is 30.4. The number of phenols is 1. The van der Waals surface area contributed by atoms with Gasteiger partial charge in [-0.25, -0.2) is 8.78 Å². The maximum atomic E-state index is 12.9. The Kier molecular flexibility index (Phi) is 3.38. The van der Waals surface area contributed by atoms with Crippen LogP contribution >= 0.6 is 0 Å². The van der Waals surface area contributed by atoms with E-state index in [1.165, 1.54) is 7.11 Å². The molecule has 1 rings (SSSR count). The molecule has 3 N–H and O–H groups in total. The molecular formula is C9H11F2NO2. The monoisotopic (exact) mass is 203 g/mol. The fourth-order valence-electron chi connectivity index (χ4n) is 1.07. The summed E-state index contributed by atoms with van der Waals surface area (Å²) in [4.78, 5) is 0. The van der Waals surface area contributed by atoms with Gasteiger partial charge in [-0.15, -0.1) is 0 Å². The van der Waals surface area contributed by atoms with Crippen molar-refractivity contribution in [3.63, 3.8) is 0 Å². The lowest BCUT2D eigenvalue weighted by Crippen LogP contribution is -2.16. The van der Waals surface area contributed by atoms with Gasteiger partial charge in [0.05, 0.1) is 12.6 Å². The molecule has 1 aromatic rings. The van der Waals surface area contributed by atoms with Gasteiger partial charge in [0.2, 0.25) is 0 Å². The molecule has 5 heteroatoms. The molecule has 0 amide bonds. The van der Waals surface area contributed by atoms with E-state index in [4.69, 9.17) is 15.6 Å². The fourth-order valence-corrected chi connectivity index (χ4v) is 1.07. The van der Waals surface area contributed by atoms with Gasteiger partial charge in [0.15, 0.2) is 17.4 Å². The van der Waals surface area contributed by atoms with Crippen LogP contribution in [0.3, 0.4) is 0 Å². The lowest BCUT2D eigenvalue weighted by atomic mass is 10.1. The van der Waals surface area contributed by atoms with Crippen LogP contribution in [0.1, 0.15) is 11.6 Å². The predicted octanol–water partition coefficient (Wildman–Crippen LogP) is 1.32. The van der Waals surface area contributed by atoms with E-state index in [0.29, 0.717) is 0 Å². The average Bonchev–Trinajstić information content (AvgIpc) is 2.13. The Balaban J connectivity index is 3.00. The van der Waals surface area contributed by atoms with Crippen molar-refractivity contribution in [1.29, 1.82) is 0 Å². The highest BCUT2D eigenvalue weighted by molar-refractivity contribution is 5.31. The number of nitrogens with two attached hydrogens (primary N) is 1. The van der Waals surface area contributed by atoms with E-state index in [-0.39, 0.29) is 12.2 Å². The second-order valence-electron chi connectivity index (χ2n) is 2.89. The molecule has 0 aliphatic rings. The van der Waals surface area contributed by atoms with Crippen LogP contribution in [0.5, 0.6) is 5.75 Å². The SMILES string of the molecule is COC[C@@H](N)c1cc(F)c(O)c(F)c1. The van der Waals surface area contributed by atoms with Crippen LogP contribution in [0.2, 0.25) is 0 Å². The van der Waals surface area contributed by atoms with Gasteiger partial charge in [-0.1, -0.05) is 0 Å². The molecule has 0 bridgehead atoms. The summed E-state index contributed by atoms with van der Waals surface area (Å²) in [6, 6.07) is 1.37. The summed E-state index contributed by atoms with van der Waals surface area (Å²) >= 11 is 0. The van der Waals surface area contributed by atoms with Crippen LogP contribution in [0, 0.1) is 11.6 Å². The minimum Gasteiger partial charge on any atom is -0.503 e. The Hall–Kier alpha value is -1.20. The second-order valence-corrected chi connectivity index (χ2v) is 2.89. The Labute approximate surface area is 80.1 Å². The Morgan fingerprint density at radius 1 is 1.43 bits per heavy atom. The van der Waals surface area contributed by atoms with Crippen molar-refractivity contribution in [3.05, 3.63) is 29.3 Å². The van der Waals surface area contributed by atoms with Crippen LogP contribution in [0.4, 0.5) is 8.78 Å². The zero-order chi connectivity index (χ0) is 10.7. The largest absolute Gasteiger partial charge is 0.503 e. The van der Waals surface area contributed by atoms with E-state index >= 15 is 0 Å². The predicted molar refractivity (Wildman–Crippen MR) is 46.8 cm³/mol. The van der Waals surface area contributed by atoms with Crippen molar-refractivity contribution in [2.75, 3.05) is 13.7 Å². The Morgan fingerprint density at radius 2 is 1.93 bits per heavy atom. The molecule has 78 valence electrons. The van der Waals surface area contributed by atoms with Crippen LogP contribution in [-0.4, -0.2) is 18.8 Å². The van der Waals surface area contributed by atoms with Gasteiger partial charge in [-0.3, -0.25) is 0 Å². The number of halogens is 2. The molecule has 0 saturated heterocycles. The number of phenolic OH excluding ortho intramolecular Hbond substituents is 1. The highest BCUT2D eigenvalue weighted by Crippen LogP contribution is 2.23. The van der Waals surface area contributed by atoms with E-state index in [1.54, 1.807) is 0 Å². The number of methoxy groups -OCH3 is 1. The summed E-state index contributed by atoms with van der Waals surface area (Å²) in [6.45, 7) is 0.156. The summed E-state index contributed by atoms with van der Waals surface area (Å²) in [5.74, 6) is -3.03. The van der Waals surface area contributed by atoms with Gasteiger partial charge in [-0.05, 0) is 17.7 Å². The Morgan fingerprint density at radius 3 is 2.36 bits per heavy atom. The van der Waals surface area contributed by atoms with Gasteiger partial charge >= 0.3 is 0 Å². The number of benzene rings is 1. The maximum Gasteiger partial charge on any atom is 0.187 e. The first-order chi connectivity index (χ1) is 6.56. The normalized spacial score (nSPS) is 12.9. The molecule has 0 unspecified atom stereocenters. The number of aromatic hydroxyl groups is 1. The first-order valence-corrected chi connectivity index (χ1v) is 3.98.